The Kier molecular flexibility index (Phi) is 8.72. The van der Waals surface area contributed by atoms with E-state index in [9.17, 15) is 8.78 Å². The monoisotopic (exact) mass is 456 g/mol. The zero-order valence-corrected chi connectivity index (χ0v) is 21.0. The van der Waals surface area contributed by atoms with Crippen molar-refractivity contribution in [2.75, 3.05) is 6.61 Å². The summed E-state index contributed by atoms with van der Waals surface area (Å²) in [6.45, 7) is 9.28. The van der Waals surface area contributed by atoms with Crippen molar-refractivity contribution in [2.24, 2.45) is 11.3 Å². The van der Waals surface area contributed by atoms with Gasteiger partial charge in [0, 0.05) is 24.4 Å². The fourth-order valence-corrected chi connectivity index (χ4v) is 5.15. The molecule has 1 aliphatic rings. The van der Waals surface area contributed by atoms with Crippen LogP contribution in [0.3, 0.4) is 0 Å². The molecule has 33 heavy (non-hydrogen) atoms. The van der Waals surface area contributed by atoms with Gasteiger partial charge in [-0.1, -0.05) is 101 Å². The van der Waals surface area contributed by atoms with Gasteiger partial charge in [-0.05, 0) is 48.6 Å². The van der Waals surface area contributed by atoms with Crippen LogP contribution in [0, 0.1) is 11.3 Å². The van der Waals surface area contributed by atoms with Gasteiger partial charge in [-0.25, -0.2) is 8.78 Å². The zero-order chi connectivity index (χ0) is 24.0. The summed E-state index contributed by atoms with van der Waals surface area (Å²) in [6.07, 6.45) is 7.07. The Morgan fingerprint density at radius 2 is 1.42 bits per heavy atom. The minimum Gasteiger partial charge on any atom is -0.378 e. The Labute approximate surface area is 199 Å². The highest BCUT2D eigenvalue weighted by molar-refractivity contribution is 5.39. The Morgan fingerprint density at radius 1 is 0.909 bits per heavy atom. The van der Waals surface area contributed by atoms with Crippen LogP contribution in [0.1, 0.15) is 90.2 Å². The highest BCUT2D eigenvalue weighted by Gasteiger charge is 2.56. The number of hydrogen-bond donors (Lipinski definition) is 0. The van der Waals surface area contributed by atoms with Gasteiger partial charge in [0.15, 0.2) is 0 Å². The van der Waals surface area contributed by atoms with Crippen LogP contribution in [0.2, 0.25) is 0 Å². The highest BCUT2D eigenvalue weighted by atomic mass is 19.3. The standard InChI is InChI=1S/C30H42F2O/c1-5-6-20-29(24-14-9-7-10-15-24,25-16-11-8-12-17-25)21-13-18-27(28(2,3)4)33-22-19-26-23-30(26,31)32/h7-12,14-17,26-27H,5-6,13,18-23H2,1-4H3. The molecular formula is C30H42F2O. The van der Waals surface area contributed by atoms with Gasteiger partial charge >= 0.3 is 0 Å². The number of hydrogen-bond acceptors (Lipinski definition) is 1. The fraction of sp³-hybridized carbons (Fsp3) is 0.600. The second kappa shape index (κ2) is 11.1. The lowest BCUT2D eigenvalue weighted by Gasteiger charge is -2.37. The molecule has 3 heteroatoms. The van der Waals surface area contributed by atoms with E-state index >= 15 is 0 Å². The molecule has 1 aliphatic carbocycles. The van der Waals surface area contributed by atoms with E-state index < -0.39 is 11.8 Å². The number of halogens is 2. The summed E-state index contributed by atoms with van der Waals surface area (Å²) in [5.74, 6) is -2.93. The van der Waals surface area contributed by atoms with Gasteiger partial charge in [0.25, 0.3) is 5.92 Å². The molecular weight excluding hydrogens is 414 g/mol. The molecule has 0 aromatic heterocycles. The SMILES string of the molecule is CCCCC(CCCC(OCCC1CC1(F)F)C(C)(C)C)(c1ccccc1)c1ccccc1. The summed E-state index contributed by atoms with van der Waals surface area (Å²) in [5.41, 5.74) is 2.73. The van der Waals surface area contributed by atoms with Gasteiger partial charge < -0.3 is 4.74 Å². The maximum absolute atomic E-state index is 13.3. The average Bonchev–Trinajstić information content (AvgIpc) is 3.41. The summed E-state index contributed by atoms with van der Waals surface area (Å²) >= 11 is 0. The van der Waals surface area contributed by atoms with Gasteiger partial charge in [-0.2, -0.15) is 0 Å². The molecule has 0 bridgehead atoms. The zero-order valence-electron chi connectivity index (χ0n) is 21.0. The van der Waals surface area contributed by atoms with Crippen molar-refractivity contribution in [1.29, 1.82) is 0 Å². The lowest BCUT2D eigenvalue weighted by atomic mass is 9.67. The molecule has 1 nitrogen and oxygen atoms in total. The fourth-order valence-electron chi connectivity index (χ4n) is 5.15. The van der Waals surface area contributed by atoms with E-state index in [0.717, 1.165) is 25.7 Å². The molecule has 182 valence electrons. The molecule has 0 radical (unpaired) electrons. The molecule has 0 aliphatic heterocycles. The average molecular weight is 457 g/mol. The van der Waals surface area contributed by atoms with Gasteiger partial charge in [0.2, 0.25) is 0 Å². The number of ether oxygens (including phenoxy) is 1. The van der Waals surface area contributed by atoms with Crippen molar-refractivity contribution in [3.05, 3.63) is 71.8 Å². The molecule has 0 amide bonds. The Bertz CT molecular complexity index is 786. The van der Waals surface area contributed by atoms with Gasteiger partial charge in [-0.3, -0.25) is 0 Å². The molecule has 2 unspecified atom stereocenters. The van der Waals surface area contributed by atoms with E-state index in [0.29, 0.717) is 13.0 Å². The second-order valence-corrected chi connectivity index (χ2v) is 11.0. The first-order chi connectivity index (χ1) is 15.7. The van der Waals surface area contributed by atoms with E-state index in [1.807, 2.05) is 0 Å². The minimum absolute atomic E-state index is 0.0162. The van der Waals surface area contributed by atoms with Gasteiger partial charge in [-0.15, -0.1) is 0 Å². The lowest BCUT2D eigenvalue weighted by molar-refractivity contribution is -0.0305. The van der Waals surface area contributed by atoms with E-state index in [2.05, 4.69) is 88.4 Å². The first kappa shape index (κ1) is 25.9. The van der Waals surface area contributed by atoms with Crippen LogP contribution in [-0.2, 0) is 10.2 Å². The number of alkyl halides is 2. The first-order valence-corrected chi connectivity index (χ1v) is 12.8. The summed E-state index contributed by atoms with van der Waals surface area (Å²) in [5, 5.41) is 0. The van der Waals surface area contributed by atoms with Crippen molar-refractivity contribution in [3.8, 4) is 0 Å². The Morgan fingerprint density at radius 3 is 1.88 bits per heavy atom. The van der Waals surface area contributed by atoms with E-state index in [4.69, 9.17) is 4.74 Å². The largest absolute Gasteiger partial charge is 0.378 e. The van der Waals surface area contributed by atoms with Gasteiger partial charge in [0.05, 0.1) is 6.10 Å². The second-order valence-electron chi connectivity index (χ2n) is 11.0. The Balaban J connectivity index is 1.73. The normalized spacial score (nSPS) is 18.8. The maximum atomic E-state index is 13.3. The van der Waals surface area contributed by atoms with Crippen molar-refractivity contribution in [2.45, 2.75) is 96.5 Å². The summed E-state index contributed by atoms with van der Waals surface area (Å²) in [7, 11) is 0. The molecule has 1 fully saturated rings. The van der Waals surface area contributed by atoms with Crippen molar-refractivity contribution >= 4 is 0 Å². The summed E-state index contributed by atoms with van der Waals surface area (Å²) in [4.78, 5) is 0. The van der Waals surface area contributed by atoms with Crippen LogP contribution in [0.25, 0.3) is 0 Å². The maximum Gasteiger partial charge on any atom is 0.251 e. The van der Waals surface area contributed by atoms with Crippen LogP contribution in [0.15, 0.2) is 60.7 Å². The minimum atomic E-state index is -2.45. The highest BCUT2D eigenvalue weighted by Crippen LogP contribution is 2.50. The molecule has 0 spiro atoms. The topological polar surface area (TPSA) is 9.23 Å². The van der Waals surface area contributed by atoms with E-state index in [1.54, 1.807) is 0 Å². The van der Waals surface area contributed by atoms with E-state index in [1.165, 1.54) is 24.0 Å². The molecule has 0 heterocycles. The predicted octanol–water partition coefficient (Wildman–Crippen LogP) is 8.81. The number of rotatable bonds is 13. The van der Waals surface area contributed by atoms with Crippen molar-refractivity contribution < 1.29 is 13.5 Å². The molecule has 0 saturated heterocycles. The third-order valence-corrected chi connectivity index (χ3v) is 7.39. The van der Waals surface area contributed by atoms with Crippen LogP contribution in [0.4, 0.5) is 8.78 Å². The van der Waals surface area contributed by atoms with Crippen LogP contribution >= 0.6 is 0 Å². The van der Waals surface area contributed by atoms with Crippen LogP contribution in [0.5, 0.6) is 0 Å². The molecule has 1 saturated carbocycles. The number of benzene rings is 2. The third-order valence-electron chi connectivity index (χ3n) is 7.39. The van der Waals surface area contributed by atoms with Gasteiger partial charge in [0.1, 0.15) is 0 Å². The molecule has 0 N–H and O–H groups in total. The molecule has 2 aromatic rings. The lowest BCUT2D eigenvalue weighted by Crippen LogP contribution is -2.32. The van der Waals surface area contributed by atoms with Crippen LogP contribution in [-0.4, -0.2) is 18.6 Å². The quantitative estimate of drug-likeness (QED) is 0.292. The summed E-state index contributed by atoms with van der Waals surface area (Å²) in [6, 6.07) is 21.9. The molecule has 2 aromatic carbocycles. The first-order valence-electron chi connectivity index (χ1n) is 12.8. The third kappa shape index (κ3) is 6.88. The predicted molar refractivity (Wildman–Crippen MR) is 134 cm³/mol. The van der Waals surface area contributed by atoms with Crippen molar-refractivity contribution in [1.82, 2.24) is 0 Å². The Hall–Kier alpha value is -1.74. The smallest absolute Gasteiger partial charge is 0.251 e. The number of unbranched alkanes of at least 4 members (excludes halogenated alkanes) is 1. The molecule has 2 atom stereocenters. The van der Waals surface area contributed by atoms with Crippen LogP contribution < -0.4 is 0 Å². The molecule has 3 rings (SSSR count). The summed E-state index contributed by atoms with van der Waals surface area (Å²) < 4.78 is 32.7. The van der Waals surface area contributed by atoms with E-state index in [-0.39, 0.29) is 23.4 Å². The van der Waals surface area contributed by atoms with Crippen molar-refractivity contribution in [3.63, 3.8) is 0 Å².